The number of alkyl halides is 2. The van der Waals surface area contributed by atoms with Gasteiger partial charge in [0.05, 0.1) is 31.1 Å². The molecule has 1 aromatic heterocycles. The van der Waals surface area contributed by atoms with E-state index in [2.05, 4.69) is 15.3 Å². The molecule has 0 spiro atoms. The summed E-state index contributed by atoms with van der Waals surface area (Å²) >= 11 is 0. The maximum Gasteiger partial charge on any atom is 0.342 e. The van der Waals surface area contributed by atoms with E-state index in [4.69, 9.17) is 4.74 Å². The molecule has 0 saturated heterocycles. The zero-order valence-electron chi connectivity index (χ0n) is 17.6. The average Bonchev–Trinajstić information content (AvgIpc) is 3.29. The number of benzene rings is 1. The fraction of sp³-hybridized carbons (Fsp3) is 0.429. The Hall–Kier alpha value is -3.50. The van der Waals surface area contributed by atoms with Crippen LogP contribution in [0.5, 0.6) is 5.75 Å². The zero-order valence-corrected chi connectivity index (χ0v) is 17.6. The lowest BCUT2D eigenvalue weighted by Gasteiger charge is -2.31. The number of nitrogens with zero attached hydrogens (tertiary/aromatic N) is 4. The molecule has 1 aromatic carbocycles. The summed E-state index contributed by atoms with van der Waals surface area (Å²) in [5, 5.41) is 12.4. The van der Waals surface area contributed by atoms with Crippen molar-refractivity contribution in [2.24, 2.45) is 0 Å². The molecule has 0 bridgehead atoms. The molecule has 2 aromatic rings. The minimum Gasteiger partial charge on any atom is -0.495 e. The first-order chi connectivity index (χ1) is 15.2. The monoisotopic (exact) mass is 447 g/mol. The maximum absolute atomic E-state index is 14.7. The molecule has 1 fully saturated rings. The van der Waals surface area contributed by atoms with Gasteiger partial charge in [-0.2, -0.15) is 13.8 Å². The SMILES string of the molecule is COc1cccc(C(=O)O)c1Nc1ncc2c(n1)N(C1CCCC1)CC(F)(F)C(=O)N2C. The molecule has 0 radical (unpaired) electrons. The van der Waals surface area contributed by atoms with E-state index in [0.717, 1.165) is 30.6 Å². The van der Waals surface area contributed by atoms with E-state index in [1.165, 1.54) is 37.4 Å². The Bertz CT molecular complexity index is 1060. The third-order valence-electron chi connectivity index (χ3n) is 5.85. The summed E-state index contributed by atoms with van der Waals surface area (Å²) in [7, 11) is 2.67. The molecular weight excluding hydrogens is 424 g/mol. The molecule has 9 nitrogen and oxygen atoms in total. The number of amides is 1. The van der Waals surface area contributed by atoms with Crippen LogP contribution in [0.2, 0.25) is 0 Å². The highest BCUT2D eigenvalue weighted by Crippen LogP contribution is 2.40. The third-order valence-corrected chi connectivity index (χ3v) is 5.85. The molecular formula is C21H23F2N5O4. The van der Waals surface area contributed by atoms with Gasteiger partial charge in [0, 0.05) is 13.1 Å². The molecule has 1 saturated carbocycles. The van der Waals surface area contributed by atoms with Crippen LogP contribution in [-0.2, 0) is 4.79 Å². The number of hydrogen-bond acceptors (Lipinski definition) is 7. The van der Waals surface area contributed by atoms with Gasteiger partial charge >= 0.3 is 11.9 Å². The van der Waals surface area contributed by atoms with Gasteiger partial charge in [-0.15, -0.1) is 0 Å². The van der Waals surface area contributed by atoms with E-state index in [-0.39, 0.29) is 40.5 Å². The van der Waals surface area contributed by atoms with E-state index >= 15 is 0 Å². The van der Waals surface area contributed by atoms with Crippen LogP contribution in [0.25, 0.3) is 0 Å². The van der Waals surface area contributed by atoms with Gasteiger partial charge in [-0.05, 0) is 25.0 Å². The third kappa shape index (κ3) is 3.78. The zero-order chi connectivity index (χ0) is 23.0. The second-order valence-electron chi connectivity index (χ2n) is 7.85. The van der Waals surface area contributed by atoms with Crippen LogP contribution < -0.4 is 19.9 Å². The van der Waals surface area contributed by atoms with Gasteiger partial charge in [-0.1, -0.05) is 18.9 Å². The molecule has 4 rings (SSSR count). The first kappa shape index (κ1) is 21.7. The van der Waals surface area contributed by atoms with Gasteiger partial charge in [0.2, 0.25) is 5.95 Å². The van der Waals surface area contributed by atoms with Gasteiger partial charge in [0.25, 0.3) is 5.91 Å². The Morgan fingerprint density at radius 2 is 2.03 bits per heavy atom. The first-order valence-electron chi connectivity index (χ1n) is 10.2. The van der Waals surface area contributed by atoms with Crippen LogP contribution in [-0.4, -0.2) is 59.6 Å². The number of para-hydroxylation sites is 1. The Morgan fingerprint density at radius 1 is 1.31 bits per heavy atom. The summed E-state index contributed by atoms with van der Waals surface area (Å²) in [6.07, 6.45) is 4.55. The van der Waals surface area contributed by atoms with Gasteiger partial charge in [-0.25, -0.2) is 9.78 Å². The van der Waals surface area contributed by atoms with Crippen LogP contribution in [0, 0.1) is 0 Å². The van der Waals surface area contributed by atoms with Crippen molar-refractivity contribution < 1.29 is 28.2 Å². The minimum absolute atomic E-state index is 0.00446. The Labute approximate surface area is 183 Å². The standard InChI is InChI=1S/C21H23F2N5O4/c1-27-14-10-24-20(25-16-13(18(29)30)8-5-9-15(16)32-2)26-17(14)28(12-6-3-4-7-12)11-21(22,23)19(27)31/h5,8-10,12H,3-4,6-7,11H2,1-2H3,(H,29,30)(H,24,25,26). The van der Waals surface area contributed by atoms with Crippen LogP contribution >= 0.6 is 0 Å². The highest BCUT2D eigenvalue weighted by molar-refractivity contribution is 6.02. The number of carbonyl (C=O) groups excluding carboxylic acids is 1. The largest absolute Gasteiger partial charge is 0.495 e. The summed E-state index contributed by atoms with van der Waals surface area (Å²) in [5.74, 6) is -5.61. The van der Waals surface area contributed by atoms with Crippen molar-refractivity contribution in [3.05, 3.63) is 30.0 Å². The van der Waals surface area contributed by atoms with Crippen LogP contribution in [0.15, 0.2) is 24.4 Å². The van der Waals surface area contributed by atoms with Crippen molar-refractivity contribution in [3.8, 4) is 5.75 Å². The topological polar surface area (TPSA) is 108 Å². The predicted octanol–water partition coefficient (Wildman–Crippen LogP) is 3.29. The van der Waals surface area contributed by atoms with E-state index in [0.29, 0.717) is 0 Å². The van der Waals surface area contributed by atoms with E-state index < -0.39 is 24.3 Å². The van der Waals surface area contributed by atoms with Gasteiger partial charge in [0.15, 0.2) is 5.82 Å². The fourth-order valence-corrected chi connectivity index (χ4v) is 4.22. The maximum atomic E-state index is 14.7. The molecule has 2 N–H and O–H groups in total. The molecule has 0 atom stereocenters. The number of ether oxygens (including phenoxy) is 1. The number of methoxy groups -OCH3 is 1. The van der Waals surface area contributed by atoms with Gasteiger partial charge < -0.3 is 25.0 Å². The summed E-state index contributed by atoms with van der Waals surface area (Å²) < 4.78 is 34.6. The Balaban J connectivity index is 1.80. The van der Waals surface area contributed by atoms with Gasteiger partial charge in [-0.3, -0.25) is 4.79 Å². The number of fused-ring (bicyclic) bond motifs is 1. The molecule has 1 aliphatic carbocycles. The molecule has 32 heavy (non-hydrogen) atoms. The molecule has 170 valence electrons. The van der Waals surface area contributed by atoms with Crippen molar-refractivity contribution in [1.82, 2.24) is 9.97 Å². The number of halogens is 2. The highest BCUT2D eigenvalue weighted by Gasteiger charge is 2.48. The number of hydrogen-bond donors (Lipinski definition) is 2. The van der Waals surface area contributed by atoms with Crippen LogP contribution in [0.3, 0.4) is 0 Å². The normalized spacial score (nSPS) is 18.3. The van der Waals surface area contributed by atoms with E-state index in [1.807, 2.05) is 0 Å². The number of carbonyl (C=O) groups is 2. The van der Waals surface area contributed by atoms with Crippen molar-refractivity contribution >= 4 is 35.0 Å². The van der Waals surface area contributed by atoms with Crippen LogP contribution in [0.4, 0.5) is 31.9 Å². The number of rotatable bonds is 5. The Morgan fingerprint density at radius 3 is 2.69 bits per heavy atom. The lowest BCUT2D eigenvalue weighted by atomic mass is 10.1. The van der Waals surface area contributed by atoms with Crippen molar-refractivity contribution in [2.45, 2.75) is 37.6 Å². The number of anilines is 4. The van der Waals surface area contributed by atoms with E-state index in [1.54, 1.807) is 6.07 Å². The molecule has 2 heterocycles. The Kier molecular flexibility index (Phi) is 5.57. The lowest BCUT2D eigenvalue weighted by molar-refractivity contribution is -0.140. The summed E-state index contributed by atoms with van der Waals surface area (Å²) in [4.78, 5) is 35.0. The number of carboxylic acid groups (broad SMARTS) is 1. The molecule has 2 aliphatic rings. The second kappa shape index (κ2) is 8.21. The minimum atomic E-state index is -3.58. The number of carboxylic acids is 1. The second-order valence-corrected chi connectivity index (χ2v) is 7.85. The number of aromatic carboxylic acids is 1. The van der Waals surface area contributed by atoms with Crippen LogP contribution in [0.1, 0.15) is 36.0 Å². The van der Waals surface area contributed by atoms with Gasteiger partial charge in [0.1, 0.15) is 11.4 Å². The smallest absolute Gasteiger partial charge is 0.342 e. The fourth-order valence-electron chi connectivity index (χ4n) is 4.22. The van der Waals surface area contributed by atoms with Crippen molar-refractivity contribution in [2.75, 3.05) is 35.8 Å². The summed E-state index contributed by atoms with van der Waals surface area (Å²) in [5.41, 5.74) is 0.246. The molecule has 11 heteroatoms. The lowest BCUT2D eigenvalue weighted by Crippen LogP contribution is -2.48. The molecule has 1 aliphatic heterocycles. The highest BCUT2D eigenvalue weighted by atomic mass is 19.3. The quantitative estimate of drug-likeness (QED) is 0.719. The van der Waals surface area contributed by atoms with Crippen molar-refractivity contribution in [1.29, 1.82) is 0 Å². The summed E-state index contributed by atoms with van der Waals surface area (Å²) in [6, 6.07) is 4.34. The number of nitrogens with one attached hydrogen (secondary N) is 1. The molecule has 1 amide bonds. The average molecular weight is 447 g/mol. The predicted molar refractivity (Wildman–Crippen MR) is 113 cm³/mol. The molecule has 0 unspecified atom stereocenters. The number of aromatic nitrogens is 2. The first-order valence-corrected chi connectivity index (χ1v) is 10.2. The van der Waals surface area contributed by atoms with Crippen molar-refractivity contribution in [3.63, 3.8) is 0 Å². The summed E-state index contributed by atoms with van der Waals surface area (Å²) in [6.45, 7) is -0.778. The van der Waals surface area contributed by atoms with E-state index in [9.17, 15) is 23.5 Å².